The van der Waals surface area contributed by atoms with E-state index in [2.05, 4.69) is 28.5 Å². The fraction of sp³-hybridized carbons (Fsp3) is 0.269. The molecular weight excluding hydrogens is 416 g/mol. The molecule has 2 heterocycles. The molecule has 7 nitrogen and oxygen atoms in total. The van der Waals surface area contributed by atoms with Crippen LogP contribution < -0.4 is 9.47 Å². The van der Waals surface area contributed by atoms with Crippen LogP contribution in [-0.4, -0.2) is 46.0 Å². The number of amides is 1. The number of fused-ring (bicyclic) bond motifs is 1. The lowest BCUT2D eigenvalue weighted by atomic mass is 9.98. The van der Waals surface area contributed by atoms with E-state index in [1.54, 1.807) is 7.11 Å². The molecule has 7 heteroatoms. The minimum Gasteiger partial charge on any atom is -0.496 e. The Morgan fingerprint density at radius 3 is 2.64 bits per heavy atom. The third-order valence-corrected chi connectivity index (χ3v) is 6.08. The van der Waals surface area contributed by atoms with Gasteiger partial charge in [0.1, 0.15) is 23.8 Å². The van der Waals surface area contributed by atoms with E-state index < -0.39 is 0 Å². The number of rotatable bonds is 8. The van der Waals surface area contributed by atoms with Crippen molar-refractivity contribution in [2.75, 3.05) is 20.2 Å². The molecule has 1 fully saturated rings. The summed E-state index contributed by atoms with van der Waals surface area (Å²) < 4.78 is 13.1. The van der Waals surface area contributed by atoms with Crippen LogP contribution in [0.3, 0.4) is 0 Å². The number of likely N-dealkylation sites (tertiary alicyclic amines) is 1. The first-order valence-electron chi connectivity index (χ1n) is 11.1. The van der Waals surface area contributed by atoms with E-state index in [9.17, 15) is 4.79 Å². The first-order chi connectivity index (χ1) is 16.2. The molecule has 1 amide bonds. The second-order valence-electron chi connectivity index (χ2n) is 8.21. The average molecular weight is 443 g/mol. The Kier molecular flexibility index (Phi) is 5.93. The van der Waals surface area contributed by atoms with Gasteiger partial charge in [-0.15, -0.1) is 5.10 Å². The maximum Gasteiger partial charge on any atom is 0.223 e. The Bertz CT molecular complexity index is 1250. The molecule has 1 aliphatic rings. The van der Waals surface area contributed by atoms with Gasteiger partial charge in [0.2, 0.25) is 5.91 Å². The number of hydrogen-bond donors (Lipinski definition) is 0. The summed E-state index contributed by atoms with van der Waals surface area (Å²) in [5.41, 5.74) is 1.85. The van der Waals surface area contributed by atoms with E-state index in [1.165, 1.54) is 0 Å². The molecule has 1 saturated heterocycles. The first-order valence-corrected chi connectivity index (χ1v) is 11.1. The lowest BCUT2D eigenvalue weighted by Crippen LogP contribution is -2.51. The number of hydrogen-bond acceptors (Lipinski definition) is 5. The molecule has 0 aliphatic carbocycles. The standard InChI is InChI=1S/C26H26N4O3/c1-32-25-13-11-19-7-5-6-10-23(19)24(25)12-14-26(31)29-16-21(17-29)30-15-20(27-28-30)18-33-22-8-3-2-4-9-22/h2-11,13,15,21H,12,14,16-18H2,1H3. The maximum atomic E-state index is 12.8. The number of methoxy groups -OCH3 is 1. The molecule has 1 aliphatic heterocycles. The van der Waals surface area contributed by atoms with Crippen molar-refractivity contribution in [3.63, 3.8) is 0 Å². The van der Waals surface area contributed by atoms with E-state index in [-0.39, 0.29) is 11.9 Å². The summed E-state index contributed by atoms with van der Waals surface area (Å²) in [4.78, 5) is 14.7. The third kappa shape index (κ3) is 4.53. The van der Waals surface area contributed by atoms with Crippen LogP contribution in [0.2, 0.25) is 0 Å². The maximum absolute atomic E-state index is 12.8. The summed E-state index contributed by atoms with van der Waals surface area (Å²) in [6, 6.07) is 22.0. The van der Waals surface area contributed by atoms with Crippen molar-refractivity contribution in [2.24, 2.45) is 0 Å². The Morgan fingerprint density at radius 1 is 1.03 bits per heavy atom. The highest BCUT2D eigenvalue weighted by Gasteiger charge is 2.32. The number of carbonyl (C=O) groups excluding carboxylic acids is 1. The van der Waals surface area contributed by atoms with Crippen LogP contribution in [0, 0.1) is 0 Å². The van der Waals surface area contributed by atoms with Crippen molar-refractivity contribution >= 4 is 16.7 Å². The van der Waals surface area contributed by atoms with E-state index in [4.69, 9.17) is 9.47 Å². The summed E-state index contributed by atoms with van der Waals surface area (Å²) in [7, 11) is 1.67. The molecule has 0 atom stereocenters. The van der Waals surface area contributed by atoms with Crippen molar-refractivity contribution in [3.05, 3.63) is 84.2 Å². The molecule has 0 N–H and O–H groups in total. The second-order valence-corrected chi connectivity index (χ2v) is 8.21. The minimum absolute atomic E-state index is 0.147. The Balaban J connectivity index is 1.15. The van der Waals surface area contributed by atoms with Crippen LogP contribution in [0.25, 0.3) is 10.8 Å². The van der Waals surface area contributed by atoms with Crippen molar-refractivity contribution in [1.29, 1.82) is 0 Å². The van der Waals surface area contributed by atoms with Crippen LogP contribution in [0.5, 0.6) is 11.5 Å². The highest BCUT2D eigenvalue weighted by molar-refractivity contribution is 5.88. The summed E-state index contributed by atoms with van der Waals surface area (Å²) in [5.74, 6) is 1.78. The molecule has 0 bridgehead atoms. The third-order valence-electron chi connectivity index (χ3n) is 6.08. The monoisotopic (exact) mass is 442 g/mol. The molecule has 4 aromatic rings. The molecule has 1 aromatic heterocycles. The van der Waals surface area contributed by atoms with Crippen molar-refractivity contribution < 1.29 is 14.3 Å². The quantitative estimate of drug-likeness (QED) is 0.412. The normalized spacial score (nSPS) is 13.7. The van der Waals surface area contributed by atoms with Gasteiger partial charge in [-0.1, -0.05) is 53.7 Å². The highest BCUT2D eigenvalue weighted by atomic mass is 16.5. The molecule has 0 radical (unpaired) electrons. The lowest BCUT2D eigenvalue weighted by Gasteiger charge is -2.39. The Labute approximate surface area is 192 Å². The molecule has 0 saturated carbocycles. The summed E-state index contributed by atoms with van der Waals surface area (Å²) in [5, 5.41) is 10.7. The van der Waals surface area contributed by atoms with Crippen LogP contribution in [0.1, 0.15) is 23.7 Å². The van der Waals surface area contributed by atoms with Crippen LogP contribution in [-0.2, 0) is 17.8 Å². The predicted octanol–water partition coefficient (Wildman–Crippen LogP) is 4.04. The van der Waals surface area contributed by atoms with Gasteiger partial charge in [-0.05, 0) is 35.4 Å². The largest absolute Gasteiger partial charge is 0.496 e. The first kappa shape index (κ1) is 21.0. The molecule has 0 spiro atoms. The van der Waals surface area contributed by atoms with Crippen LogP contribution >= 0.6 is 0 Å². The zero-order valence-electron chi connectivity index (χ0n) is 18.6. The smallest absolute Gasteiger partial charge is 0.223 e. The number of aryl methyl sites for hydroxylation is 1. The molecule has 5 rings (SSSR count). The van der Waals surface area contributed by atoms with Gasteiger partial charge in [0, 0.05) is 25.1 Å². The van der Waals surface area contributed by atoms with Crippen molar-refractivity contribution in [2.45, 2.75) is 25.5 Å². The van der Waals surface area contributed by atoms with E-state index in [1.807, 2.05) is 64.3 Å². The minimum atomic E-state index is 0.147. The van der Waals surface area contributed by atoms with Gasteiger partial charge in [0.25, 0.3) is 0 Å². The predicted molar refractivity (Wildman–Crippen MR) is 125 cm³/mol. The Hall–Kier alpha value is -3.87. The number of benzene rings is 3. The summed E-state index contributed by atoms with van der Waals surface area (Å²) >= 11 is 0. The Morgan fingerprint density at radius 2 is 1.82 bits per heavy atom. The van der Waals surface area contributed by atoms with Gasteiger partial charge in [-0.25, -0.2) is 4.68 Å². The van der Waals surface area contributed by atoms with Gasteiger partial charge in [-0.3, -0.25) is 4.79 Å². The number of carbonyl (C=O) groups is 1. The highest BCUT2D eigenvalue weighted by Crippen LogP contribution is 2.30. The molecule has 168 valence electrons. The number of nitrogens with zero attached hydrogens (tertiary/aromatic N) is 4. The van der Waals surface area contributed by atoms with E-state index >= 15 is 0 Å². The van der Waals surface area contributed by atoms with Crippen LogP contribution in [0.15, 0.2) is 72.9 Å². The fourth-order valence-electron chi connectivity index (χ4n) is 4.21. The molecule has 0 unspecified atom stereocenters. The zero-order chi connectivity index (χ0) is 22.6. The van der Waals surface area contributed by atoms with E-state index in [0.717, 1.165) is 33.5 Å². The SMILES string of the molecule is COc1ccc2ccccc2c1CCC(=O)N1CC(n2cc(COc3ccccc3)nn2)C1. The van der Waals surface area contributed by atoms with Gasteiger partial charge in [0.15, 0.2) is 0 Å². The fourth-order valence-corrected chi connectivity index (χ4v) is 4.21. The lowest BCUT2D eigenvalue weighted by molar-refractivity contribution is -0.137. The topological polar surface area (TPSA) is 69.5 Å². The number of ether oxygens (including phenoxy) is 2. The van der Waals surface area contributed by atoms with Gasteiger partial charge in [0.05, 0.1) is 19.3 Å². The van der Waals surface area contributed by atoms with E-state index in [0.29, 0.717) is 32.5 Å². The average Bonchev–Trinajstić information content (AvgIpc) is 3.29. The van der Waals surface area contributed by atoms with Gasteiger partial charge in [-0.2, -0.15) is 0 Å². The van der Waals surface area contributed by atoms with Gasteiger partial charge < -0.3 is 14.4 Å². The second kappa shape index (κ2) is 9.32. The zero-order valence-corrected chi connectivity index (χ0v) is 18.6. The van der Waals surface area contributed by atoms with Crippen molar-refractivity contribution in [1.82, 2.24) is 19.9 Å². The van der Waals surface area contributed by atoms with Crippen LogP contribution in [0.4, 0.5) is 0 Å². The number of aromatic nitrogens is 3. The molecule has 3 aromatic carbocycles. The molecule has 33 heavy (non-hydrogen) atoms. The number of para-hydroxylation sites is 1. The van der Waals surface area contributed by atoms with Crippen molar-refractivity contribution in [3.8, 4) is 11.5 Å². The summed E-state index contributed by atoms with van der Waals surface area (Å²) in [6.07, 6.45) is 3.00. The summed E-state index contributed by atoms with van der Waals surface area (Å²) in [6.45, 7) is 1.66. The molecular formula is C26H26N4O3. The van der Waals surface area contributed by atoms with Gasteiger partial charge >= 0.3 is 0 Å².